The van der Waals surface area contributed by atoms with E-state index >= 15 is 0 Å². The Morgan fingerprint density at radius 1 is 1.29 bits per heavy atom. The molecule has 0 aliphatic rings. The smallest absolute Gasteiger partial charge is 0.275 e. The molecule has 1 amide bonds. The number of amides is 1. The van der Waals surface area contributed by atoms with Crippen molar-refractivity contribution >= 4 is 44.0 Å². The number of hydrazone groups is 1. The Kier molecular flexibility index (Phi) is 6.22. The topological polar surface area (TPSA) is 91.2 Å². The summed E-state index contributed by atoms with van der Waals surface area (Å²) >= 11 is 6.59. The third-order valence-corrected chi connectivity index (χ3v) is 5.15. The minimum atomic E-state index is -0.539. The lowest BCUT2D eigenvalue weighted by Crippen LogP contribution is -2.17. The molecule has 0 aliphatic carbocycles. The van der Waals surface area contributed by atoms with Gasteiger partial charge in [0, 0.05) is 10.0 Å². The van der Waals surface area contributed by atoms with E-state index in [2.05, 4.69) is 42.4 Å². The number of nitrogens with one attached hydrogen (secondary N) is 1. The second-order valence-corrected chi connectivity index (χ2v) is 6.18. The molecule has 2 aromatic carbocycles. The van der Waals surface area contributed by atoms with Gasteiger partial charge in [-0.25, -0.2) is 5.43 Å². The van der Waals surface area contributed by atoms with Crippen molar-refractivity contribution in [3.8, 4) is 17.2 Å². The van der Waals surface area contributed by atoms with Gasteiger partial charge < -0.3 is 14.9 Å². The zero-order chi connectivity index (χ0) is 17.7. The molecule has 0 atom stereocenters. The van der Waals surface area contributed by atoms with Gasteiger partial charge in [0.05, 0.1) is 22.9 Å². The molecule has 0 fully saturated rings. The first-order chi connectivity index (χ1) is 11.5. The van der Waals surface area contributed by atoms with E-state index in [4.69, 9.17) is 4.74 Å². The molecule has 0 unspecified atom stereocenters. The van der Waals surface area contributed by atoms with E-state index in [1.54, 1.807) is 25.1 Å². The molecule has 0 aliphatic heterocycles. The van der Waals surface area contributed by atoms with Gasteiger partial charge in [0.25, 0.3) is 5.91 Å². The van der Waals surface area contributed by atoms with Crippen LogP contribution < -0.4 is 10.2 Å². The van der Waals surface area contributed by atoms with E-state index in [0.717, 1.165) is 0 Å². The van der Waals surface area contributed by atoms with E-state index < -0.39 is 5.91 Å². The molecule has 0 saturated heterocycles. The third kappa shape index (κ3) is 4.07. The van der Waals surface area contributed by atoms with Crippen molar-refractivity contribution < 1.29 is 19.7 Å². The molecule has 0 spiro atoms. The van der Waals surface area contributed by atoms with Crippen LogP contribution in [0.2, 0.25) is 0 Å². The molecule has 24 heavy (non-hydrogen) atoms. The lowest BCUT2D eigenvalue weighted by Gasteiger charge is -2.11. The van der Waals surface area contributed by atoms with Crippen LogP contribution in [0, 0.1) is 0 Å². The number of phenols is 2. The number of nitrogens with zero attached hydrogens (tertiary/aromatic N) is 1. The maximum absolute atomic E-state index is 12.0. The molecule has 0 heterocycles. The summed E-state index contributed by atoms with van der Waals surface area (Å²) in [5.41, 5.74) is 3.04. The summed E-state index contributed by atoms with van der Waals surface area (Å²) in [6.45, 7) is 2.19. The molecule has 0 aromatic heterocycles. The number of carbonyl (C=O) groups excluding carboxylic acids is 1. The van der Waals surface area contributed by atoms with E-state index in [-0.39, 0.29) is 17.1 Å². The van der Waals surface area contributed by atoms with Gasteiger partial charge in [0.1, 0.15) is 5.75 Å². The number of ether oxygens (including phenoxy) is 1. The van der Waals surface area contributed by atoms with Gasteiger partial charge in [-0.15, -0.1) is 0 Å². The van der Waals surface area contributed by atoms with Gasteiger partial charge >= 0.3 is 0 Å². The number of carbonyl (C=O) groups is 1. The molecular formula is C16H14Br2N2O4. The Bertz CT molecular complexity index is 794. The quantitative estimate of drug-likeness (QED) is 0.470. The molecule has 3 N–H and O–H groups in total. The number of hydrogen-bond acceptors (Lipinski definition) is 5. The standard InChI is InChI=1S/C16H14Br2N2O4/c1-2-24-12-7-9(13(17)14(18)15(12)22)8-19-20-16(23)10-5-3-4-6-11(10)21/h3-8,21-22H,2H2,1H3,(H,20,23). The monoisotopic (exact) mass is 456 g/mol. The number of phenolic OH excluding ortho intramolecular Hbond substituents is 2. The van der Waals surface area contributed by atoms with Gasteiger partial charge in [0.15, 0.2) is 11.5 Å². The highest BCUT2D eigenvalue weighted by atomic mass is 79.9. The fourth-order valence-electron chi connectivity index (χ4n) is 1.86. The minimum Gasteiger partial charge on any atom is -0.507 e. The van der Waals surface area contributed by atoms with Crippen LogP contribution in [-0.2, 0) is 0 Å². The summed E-state index contributed by atoms with van der Waals surface area (Å²) in [6, 6.07) is 7.75. The fourth-order valence-corrected chi connectivity index (χ4v) is 2.69. The maximum Gasteiger partial charge on any atom is 0.275 e. The largest absolute Gasteiger partial charge is 0.507 e. The number of aromatic hydroxyl groups is 2. The molecule has 8 heteroatoms. The van der Waals surface area contributed by atoms with E-state index in [0.29, 0.717) is 26.9 Å². The minimum absolute atomic E-state index is 0.0286. The normalized spacial score (nSPS) is 10.8. The summed E-state index contributed by atoms with van der Waals surface area (Å²) in [4.78, 5) is 12.0. The van der Waals surface area contributed by atoms with Crippen molar-refractivity contribution in [1.82, 2.24) is 5.43 Å². The first kappa shape index (κ1) is 18.3. The van der Waals surface area contributed by atoms with Crippen molar-refractivity contribution in [2.24, 2.45) is 5.10 Å². The zero-order valence-corrected chi connectivity index (χ0v) is 15.8. The summed E-state index contributed by atoms with van der Waals surface area (Å²) in [5, 5.41) is 23.5. The van der Waals surface area contributed by atoms with Crippen LogP contribution in [0.5, 0.6) is 17.2 Å². The number of para-hydroxylation sites is 1. The number of halogens is 2. The van der Waals surface area contributed by atoms with Crippen LogP contribution in [0.1, 0.15) is 22.8 Å². The van der Waals surface area contributed by atoms with Gasteiger partial charge in [-0.3, -0.25) is 4.79 Å². The van der Waals surface area contributed by atoms with Crippen molar-refractivity contribution in [1.29, 1.82) is 0 Å². The molecule has 0 saturated carbocycles. The lowest BCUT2D eigenvalue weighted by molar-refractivity contribution is 0.0952. The van der Waals surface area contributed by atoms with E-state index in [1.165, 1.54) is 18.3 Å². The Labute approximate surface area is 155 Å². The second kappa shape index (κ2) is 8.16. The summed E-state index contributed by atoms with van der Waals surface area (Å²) in [6.07, 6.45) is 1.40. The van der Waals surface area contributed by atoms with Gasteiger partial charge in [-0.05, 0) is 57.0 Å². The number of benzene rings is 2. The van der Waals surface area contributed by atoms with Gasteiger partial charge in [0.2, 0.25) is 0 Å². The Morgan fingerprint density at radius 2 is 2.00 bits per heavy atom. The average Bonchev–Trinajstić information content (AvgIpc) is 2.57. The second-order valence-electron chi connectivity index (χ2n) is 4.59. The highest BCUT2D eigenvalue weighted by Gasteiger charge is 2.14. The third-order valence-electron chi connectivity index (χ3n) is 2.99. The lowest BCUT2D eigenvalue weighted by atomic mass is 10.2. The van der Waals surface area contributed by atoms with Crippen LogP contribution in [-0.4, -0.2) is 28.9 Å². The van der Waals surface area contributed by atoms with Crippen molar-refractivity contribution in [2.75, 3.05) is 6.61 Å². The first-order valence-electron chi connectivity index (χ1n) is 6.90. The highest BCUT2D eigenvalue weighted by Crippen LogP contribution is 2.41. The predicted molar refractivity (Wildman–Crippen MR) is 97.8 cm³/mol. The SMILES string of the molecule is CCOc1cc(C=NNC(=O)c2ccccc2O)c(Br)c(Br)c1O. The van der Waals surface area contributed by atoms with E-state index in [1.807, 2.05) is 0 Å². The molecule has 0 radical (unpaired) electrons. The predicted octanol–water partition coefficient (Wildman–Crippen LogP) is 3.79. The van der Waals surface area contributed by atoms with Crippen molar-refractivity contribution in [3.63, 3.8) is 0 Å². The van der Waals surface area contributed by atoms with E-state index in [9.17, 15) is 15.0 Å². The molecule has 2 rings (SSSR count). The Morgan fingerprint density at radius 3 is 2.67 bits per heavy atom. The van der Waals surface area contributed by atoms with Crippen LogP contribution in [0.4, 0.5) is 0 Å². The summed E-state index contributed by atoms with van der Waals surface area (Å²) in [5.74, 6) is -0.402. The maximum atomic E-state index is 12.0. The van der Waals surface area contributed by atoms with Gasteiger partial charge in [-0.1, -0.05) is 12.1 Å². The van der Waals surface area contributed by atoms with Crippen LogP contribution in [0.15, 0.2) is 44.4 Å². The Hall–Kier alpha value is -2.06. The van der Waals surface area contributed by atoms with Crippen LogP contribution in [0.25, 0.3) is 0 Å². The number of rotatable bonds is 5. The number of hydrogen-bond donors (Lipinski definition) is 3. The molecule has 0 bridgehead atoms. The first-order valence-corrected chi connectivity index (χ1v) is 8.49. The van der Waals surface area contributed by atoms with Gasteiger partial charge in [-0.2, -0.15) is 5.10 Å². The van der Waals surface area contributed by atoms with Crippen molar-refractivity contribution in [2.45, 2.75) is 6.92 Å². The average molecular weight is 458 g/mol. The van der Waals surface area contributed by atoms with Crippen LogP contribution >= 0.6 is 31.9 Å². The molecule has 126 valence electrons. The fraction of sp³-hybridized carbons (Fsp3) is 0.125. The Balaban J connectivity index is 2.20. The molecular weight excluding hydrogens is 444 g/mol. The summed E-state index contributed by atoms with van der Waals surface area (Å²) < 4.78 is 6.32. The van der Waals surface area contributed by atoms with Crippen molar-refractivity contribution in [3.05, 3.63) is 50.4 Å². The van der Waals surface area contributed by atoms with Crippen LogP contribution in [0.3, 0.4) is 0 Å². The molecule has 6 nitrogen and oxygen atoms in total. The zero-order valence-electron chi connectivity index (χ0n) is 12.6. The highest BCUT2D eigenvalue weighted by molar-refractivity contribution is 9.13. The molecule has 2 aromatic rings. The summed E-state index contributed by atoms with van der Waals surface area (Å²) in [7, 11) is 0.